The molecule has 5 heteroatoms. The van der Waals surface area contributed by atoms with Crippen LogP contribution in [0.1, 0.15) is 25.7 Å². The zero-order valence-corrected chi connectivity index (χ0v) is 10.9. The normalized spacial score (nSPS) is 32.6. The molecule has 0 aromatic heterocycles. The number of sulfonamides is 1. The summed E-state index contributed by atoms with van der Waals surface area (Å²) in [5, 5.41) is 9.72. The number of nitrogens with zero attached hydrogens (tertiary/aromatic N) is 1. The molecule has 2 aliphatic rings. The summed E-state index contributed by atoms with van der Waals surface area (Å²) in [6.07, 6.45) is 2.54. The Morgan fingerprint density at radius 1 is 1.06 bits per heavy atom. The minimum atomic E-state index is -3.40. The SMILES string of the molecule is O=S(=O)(c1ccccc1)N1C2CCC1CC(O)C2. The average Bonchev–Trinajstić information content (AvgIpc) is 2.64. The van der Waals surface area contributed by atoms with Crippen LogP contribution in [0.3, 0.4) is 0 Å². The highest BCUT2D eigenvalue weighted by atomic mass is 32.2. The molecule has 0 radical (unpaired) electrons. The maximum Gasteiger partial charge on any atom is 0.243 e. The molecule has 0 amide bonds. The van der Waals surface area contributed by atoms with Crippen molar-refractivity contribution in [2.45, 2.75) is 48.8 Å². The molecule has 2 bridgehead atoms. The van der Waals surface area contributed by atoms with Gasteiger partial charge in [-0.1, -0.05) is 18.2 Å². The fourth-order valence-electron chi connectivity index (χ4n) is 3.21. The van der Waals surface area contributed by atoms with E-state index < -0.39 is 10.0 Å². The minimum absolute atomic E-state index is 0.0241. The van der Waals surface area contributed by atoms with Gasteiger partial charge in [0.15, 0.2) is 0 Å². The first-order valence-electron chi connectivity index (χ1n) is 6.35. The Balaban J connectivity index is 1.96. The van der Waals surface area contributed by atoms with Gasteiger partial charge in [-0.15, -0.1) is 0 Å². The number of rotatable bonds is 2. The number of fused-ring (bicyclic) bond motifs is 2. The maximum atomic E-state index is 12.6. The molecule has 2 saturated heterocycles. The first-order chi connectivity index (χ1) is 8.59. The number of aliphatic hydroxyl groups excluding tert-OH is 1. The van der Waals surface area contributed by atoms with E-state index in [4.69, 9.17) is 0 Å². The van der Waals surface area contributed by atoms with Crippen molar-refractivity contribution < 1.29 is 13.5 Å². The second kappa shape index (κ2) is 4.33. The summed E-state index contributed by atoms with van der Waals surface area (Å²) in [6, 6.07) is 8.53. The average molecular weight is 267 g/mol. The summed E-state index contributed by atoms with van der Waals surface area (Å²) in [7, 11) is -3.40. The highest BCUT2D eigenvalue weighted by Gasteiger charge is 2.46. The Morgan fingerprint density at radius 3 is 2.17 bits per heavy atom. The van der Waals surface area contributed by atoms with E-state index in [0.717, 1.165) is 12.8 Å². The van der Waals surface area contributed by atoms with E-state index in [0.29, 0.717) is 17.7 Å². The summed E-state index contributed by atoms with van der Waals surface area (Å²) in [4.78, 5) is 0.360. The van der Waals surface area contributed by atoms with Crippen molar-refractivity contribution >= 4 is 10.0 Å². The number of hydrogen-bond acceptors (Lipinski definition) is 3. The van der Waals surface area contributed by atoms with E-state index in [1.807, 2.05) is 6.07 Å². The largest absolute Gasteiger partial charge is 0.393 e. The lowest BCUT2D eigenvalue weighted by Gasteiger charge is -2.35. The van der Waals surface area contributed by atoms with Gasteiger partial charge < -0.3 is 5.11 Å². The number of hydrogen-bond donors (Lipinski definition) is 1. The van der Waals surface area contributed by atoms with Gasteiger partial charge in [0.05, 0.1) is 11.0 Å². The van der Waals surface area contributed by atoms with Gasteiger partial charge in [0, 0.05) is 12.1 Å². The summed E-state index contributed by atoms with van der Waals surface area (Å²) in [5.74, 6) is 0. The first-order valence-corrected chi connectivity index (χ1v) is 7.79. The van der Waals surface area contributed by atoms with E-state index in [1.165, 1.54) is 0 Å². The third-order valence-electron chi connectivity index (χ3n) is 3.96. The Kier molecular flexibility index (Phi) is 2.92. The maximum absolute atomic E-state index is 12.6. The lowest BCUT2D eigenvalue weighted by atomic mass is 10.0. The smallest absolute Gasteiger partial charge is 0.243 e. The van der Waals surface area contributed by atoms with Crippen molar-refractivity contribution in [3.8, 4) is 0 Å². The summed E-state index contributed by atoms with van der Waals surface area (Å²) >= 11 is 0. The molecule has 1 aromatic rings. The van der Waals surface area contributed by atoms with Crippen LogP contribution in [0.5, 0.6) is 0 Å². The molecule has 18 heavy (non-hydrogen) atoms. The summed E-state index contributed by atoms with van der Waals surface area (Å²) < 4.78 is 26.8. The van der Waals surface area contributed by atoms with Crippen LogP contribution in [0.4, 0.5) is 0 Å². The molecule has 3 rings (SSSR count). The van der Waals surface area contributed by atoms with Gasteiger partial charge in [0.1, 0.15) is 0 Å². The van der Waals surface area contributed by atoms with Crippen molar-refractivity contribution in [3.63, 3.8) is 0 Å². The van der Waals surface area contributed by atoms with E-state index in [1.54, 1.807) is 28.6 Å². The van der Waals surface area contributed by atoms with Gasteiger partial charge in [0.25, 0.3) is 0 Å². The van der Waals surface area contributed by atoms with Crippen LogP contribution < -0.4 is 0 Å². The molecule has 2 aliphatic heterocycles. The van der Waals surface area contributed by atoms with Crippen LogP contribution in [0, 0.1) is 0 Å². The Bertz CT molecular complexity index is 514. The van der Waals surface area contributed by atoms with Crippen LogP contribution in [-0.2, 0) is 10.0 Å². The topological polar surface area (TPSA) is 57.6 Å². The first kappa shape index (κ1) is 12.1. The van der Waals surface area contributed by atoms with Crippen molar-refractivity contribution in [2.75, 3.05) is 0 Å². The van der Waals surface area contributed by atoms with E-state index in [-0.39, 0.29) is 18.2 Å². The molecule has 0 aliphatic carbocycles. The molecular formula is C13H17NO3S. The standard InChI is InChI=1S/C13H17NO3S/c15-12-8-10-6-7-11(9-12)14(10)18(16,17)13-4-2-1-3-5-13/h1-5,10-12,15H,6-9H2. The summed E-state index contributed by atoms with van der Waals surface area (Å²) in [6.45, 7) is 0. The molecule has 0 spiro atoms. The van der Waals surface area contributed by atoms with Gasteiger partial charge >= 0.3 is 0 Å². The Labute approximate surface area is 107 Å². The molecule has 1 N–H and O–H groups in total. The highest BCUT2D eigenvalue weighted by molar-refractivity contribution is 7.89. The van der Waals surface area contributed by atoms with Crippen molar-refractivity contribution in [3.05, 3.63) is 30.3 Å². The van der Waals surface area contributed by atoms with Crippen molar-refractivity contribution in [1.29, 1.82) is 0 Å². The molecule has 2 atom stereocenters. The summed E-state index contributed by atoms with van der Waals surface area (Å²) in [5.41, 5.74) is 0. The molecule has 2 unspecified atom stereocenters. The molecule has 1 aromatic carbocycles. The van der Waals surface area contributed by atoms with Crippen LogP contribution in [-0.4, -0.2) is 36.0 Å². The van der Waals surface area contributed by atoms with Crippen LogP contribution in [0.15, 0.2) is 35.2 Å². The van der Waals surface area contributed by atoms with Crippen molar-refractivity contribution in [2.24, 2.45) is 0 Å². The fraction of sp³-hybridized carbons (Fsp3) is 0.538. The fourth-order valence-corrected chi connectivity index (χ4v) is 5.12. The molecular weight excluding hydrogens is 250 g/mol. The lowest BCUT2D eigenvalue weighted by molar-refractivity contribution is 0.0769. The number of benzene rings is 1. The van der Waals surface area contributed by atoms with Gasteiger partial charge in [-0.3, -0.25) is 0 Å². The predicted molar refractivity (Wildman–Crippen MR) is 67.5 cm³/mol. The van der Waals surface area contributed by atoms with E-state index in [2.05, 4.69) is 0 Å². The second-order valence-corrected chi connectivity index (χ2v) is 7.00. The molecule has 2 fully saturated rings. The van der Waals surface area contributed by atoms with Crippen LogP contribution in [0.25, 0.3) is 0 Å². The Hall–Kier alpha value is -0.910. The lowest BCUT2D eigenvalue weighted by Crippen LogP contribution is -2.47. The third kappa shape index (κ3) is 1.86. The van der Waals surface area contributed by atoms with E-state index in [9.17, 15) is 13.5 Å². The molecule has 2 heterocycles. The number of piperidine rings is 1. The second-order valence-electron chi connectivity index (χ2n) is 5.16. The monoisotopic (exact) mass is 267 g/mol. The zero-order chi connectivity index (χ0) is 12.8. The van der Waals surface area contributed by atoms with Gasteiger partial charge in [-0.25, -0.2) is 8.42 Å². The van der Waals surface area contributed by atoms with Crippen molar-refractivity contribution in [1.82, 2.24) is 4.31 Å². The van der Waals surface area contributed by atoms with E-state index >= 15 is 0 Å². The molecule has 98 valence electrons. The zero-order valence-electron chi connectivity index (χ0n) is 10.1. The quantitative estimate of drug-likeness (QED) is 0.880. The molecule has 0 saturated carbocycles. The number of aliphatic hydroxyl groups is 1. The van der Waals surface area contributed by atoms with Gasteiger partial charge in [-0.2, -0.15) is 4.31 Å². The van der Waals surface area contributed by atoms with Gasteiger partial charge in [-0.05, 0) is 37.8 Å². The molecule has 4 nitrogen and oxygen atoms in total. The van der Waals surface area contributed by atoms with Crippen LogP contribution in [0.2, 0.25) is 0 Å². The van der Waals surface area contributed by atoms with Crippen LogP contribution >= 0.6 is 0 Å². The Morgan fingerprint density at radius 2 is 1.61 bits per heavy atom. The van der Waals surface area contributed by atoms with Gasteiger partial charge in [0.2, 0.25) is 10.0 Å². The highest BCUT2D eigenvalue weighted by Crippen LogP contribution is 2.39. The predicted octanol–water partition coefficient (Wildman–Crippen LogP) is 1.36. The third-order valence-corrected chi connectivity index (χ3v) is 5.98. The minimum Gasteiger partial charge on any atom is -0.393 e.